The molecule has 0 saturated carbocycles. The van der Waals surface area contributed by atoms with Crippen LogP contribution in [0.3, 0.4) is 0 Å². The predicted molar refractivity (Wildman–Crippen MR) is 65.6 cm³/mol. The second kappa shape index (κ2) is 6.03. The third-order valence-electron chi connectivity index (χ3n) is 3.35. The monoisotopic (exact) mass is 243 g/mol. The Morgan fingerprint density at radius 3 is 1.88 bits per heavy atom. The Balaban J connectivity index is 4.35. The Bertz CT molecular complexity index is 283. The van der Waals surface area contributed by atoms with Crippen molar-refractivity contribution in [3.63, 3.8) is 0 Å². The van der Waals surface area contributed by atoms with Crippen LogP contribution in [0.5, 0.6) is 0 Å². The lowest BCUT2D eigenvalue weighted by Crippen LogP contribution is -2.29. The Hall–Kier alpha value is -1.06. The molecular weight excluding hydrogens is 220 g/mol. The number of aliphatic carboxylic acids is 2. The first-order chi connectivity index (χ1) is 7.65. The molecule has 1 atom stereocenters. The molecule has 99 valence electrons. The van der Waals surface area contributed by atoms with Crippen molar-refractivity contribution in [2.45, 2.75) is 52.9 Å². The smallest absolute Gasteiger partial charge is 0.309 e. The fourth-order valence-electron chi connectivity index (χ4n) is 1.76. The summed E-state index contributed by atoms with van der Waals surface area (Å²) in [6, 6.07) is 0. The lowest BCUT2D eigenvalue weighted by Gasteiger charge is -2.26. The molecule has 0 aromatic carbocycles. The number of hydrogen-bond acceptors (Lipinski definition) is 2. The van der Waals surface area contributed by atoms with Gasteiger partial charge in [-0.2, -0.15) is 0 Å². The average Bonchev–Trinajstić information content (AvgIpc) is 2.17. The summed E-state index contributed by atoms with van der Waals surface area (Å²) in [5, 5.41) is 18.1. The van der Waals surface area contributed by atoms with Crippen LogP contribution in [0.15, 0.2) is 0 Å². The molecule has 17 heavy (non-hydrogen) atoms. The van der Waals surface area contributed by atoms with Gasteiger partial charge in [-0.1, -0.05) is 19.8 Å². The molecule has 0 saturated heterocycles. The van der Waals surface area contributed by atoms with E-state index in [1.807, 2.05) is 0 Å². The standard InChI is InChI=1S/C13H23O4/c1-5-7-13(4,11(16)17)9-6-8-12(2,3)10(14)15/h1,5-9H2,2-4H3,(H,14,15)(H,16,17). The maximum absolute atomic E-state index is 11.2. The maximum atomic E-state index is 11.2. The molecule has 0 aromatic rings. The van der Waals surface area contributed by atoms with Crippen LogP contribution in [-0.2, 0) is 9.59 Å². The molecule has 1 radical (unpaired) electrons. The van der Waals surface area contributed by atoms with Crippen LogP contribution in [0.1, 0.15) is 52.9 Å². The van der Waals surface area contributed by atoms with E-state index in [4.69, 9.17) is 10.2 Å². The van der Waals surface area contributed by atoms with Crippen molar-refractivity contribution in [3.8, 4) is 0 Å². The Labute approximate surface area is 103 Å². The highest BCUT2D eigenvalue weighted by Gasteiger charge is 2.33. The molecular formula is C13H23O4. The van der Waals surface area contributed by atoms with E-state index in [1.165, 1.54) is 0 Å². The van der Waals surface area contributed by atoms with Gasteiger partial charge in [-0.15, -0.1) is 0 Å². The van der Waals surface area contributed by atoms with Crippen molar-refractivity contribution in [3.05, 3.63) is 6.92 Å². The summed E-state index contributed by atoms with van der Waals surface area (Å²) in [7, 11) is 0. The molecule has 0 spiro atoms. The van der Waals surface area contributed by atoms with Crippen molar-refractivity contribution in [1.82, 2.24) is 0 Å². The summed E-state index contributed by atoms with van der Waals surface area (Å²) in [5.74, 6) is -1.67. The van der Waals surface area contributed by atoms with E-state index in [1.54, 1.807) is 20.8 Å². The van der Waals surface area contributed by atoms with E-state index in [9.17, 15) is 9.59 Å². The first-order valence-electron chi connectivity index (χ1n) is 5.92. The fraction of sp³-hybridized carbons (Fsp3) is 0.769. The normalized spacial score (nSPS) is 15.3. The molecule has 0 aliphatic heterocycles. The average molecular weight is 243 g/mol. The molecule has 4 nitrogen and oxygen atoms in total. The zero-order valence-electron chi connectivity index (χ0n) is 11.0. The quantitative estimate of drug-likeness (QED) is 0.687. The van der Waals surface area contributed by atoms with Gasteiger partial charge in [0.2, 0.25) is 0 Å². The van der Waals surface area contributed by atoms with Gasteiger partial charge in [0.15, 0.2) is 0 Å². The van der Waals surface area contributed by atoms with Gasteiger partial charge in [0.25, 0.3) is 0 Å². The van der Waals surface area contributed by atoms with Crippen LogP contribution in [0.4, 0.5) is 0 Å². The van der Waals surface area contributed by atoms with Gasteiger partial charge in [-0.3, -0.25) is 9.59 Å². The van der Waals surface area contributed by atoms with E-state index in [0.717, 1.165) is 0 Å². The summed E-state index contributed by atoms with van der Waals surface area (Å²) in [5.41, 5.74) is -1.57. The van der Waals surface area contributed by atoms with Crippen LogP contribution in [0.25, 0.3) is 0 Å². The van der Waals surface area contributed by atoms with Crippen LogP contribution in [0, 0.1) is 17.8 Å². The number of carboxylic acid groups (broad SMARTS) is 2. The van der Waals surface area contributed by atoms with Gasteiger partial charge in [-0.05, 0) is 40.0 Å². The van der Waals surface area contributed by atoms with E-state index in [2.05, 4.69) is 6.92 Å². The highest BCUT2D eigenvalue weighted by molar-refractivity contribution is 5.74. The molecule has 0 bridgehead atoms. The second-order valence-corrected chi connectivity index (χ2v) is 5.51. The van der Waals surface area contributed by atoms with Crippen molar-refractivity contribution in [1.29, 1.82) is 0 Å². The minimum atomic E-state index is -0.841. The van der Waals surface area contributed by atoms with Crippen molar-refractivity contribution >= 4 is 11.9 Å². The Morgan fingerprint density at radius 1 is 1.00 bits per heavy atom. The number of carboxylic acids is 2. The van der Waals surface area contributed by atoms with Crippen LogP contribution < -0.4 is 0 Å². The third-order valence-corrected chi connectivity index (χ3v) is 3.35. The van der Waals surface area contributed by atoms with Gasteiger partial charge in [-0.25, -0.2) is 0 Å². The van der Waals surface area contributed by atoms with Crippen LogP contribution in [-0.4, -0.2) is 22.2 Å². The number of rotatable bonds is 8. The fourth-order valence-corrected chi connectivity index (χ4v) is 1.76. The molecule has 0 heterocycles. The lowest BCUT2D eigenvalue weighted by molar-refractivity contribution is -0.149. The maximum Gasteiger partial charge on any atom is 0.309 e. The van der Waals surface area contributed by atoms with Gasteiger partial charge < -0.3 is 10.2 Å². The molecule has 0 rings (SSSR count). The summed E-state index contributed by atoms with van der Waals surface area (Å²) in [4.78, 5) is 22.1. The largest absolute Gasteiger partial charge is 0.481 e. The SMILES string of the molecule is [CH2]CCC(C)(CCCC(C)(C)C(=O)O)C(=O)O. The van der Waals surface area contributed by atoms with Crippen LogP contribution in [0.2, 0.25) is 0 Å². The first-order valence-corrected chi connectivity index (χ1v) is 5.92. The molecule has 0 aromatic heterocycles. The predicted octanol–water partition coefficient (Wildman–Crippen LogP) is 2.97. The summed E-state index contributed by atoms with van der Waals surface area (Å²) in [6.45, 7) is 8.71. The highest BCUT2D eigenvalue weighted by Crippen LogP contribution is 2.33. The third kappa shape index (κ3) is 4.75. The van der Waals surface area contributed by atoms with E-state index >= 15 is 0 Å². The van der Waals surface area contributed by atoms with Gasteiger partial charge in [0.05, 0.1) is 10.8 Å². The van der Waals surface area contributed by atoms with E-state index in [0.29, 0.717) is 32.1 Å². The summed E-state index contributed by atoms with van der Waals surface area (Å²) < 4.78 is 0. The minimum absolute atomic E-state index is 0.488. The molecule has 0 aliphatic carbocycles. The highest BCUT2D eigenvalue weighted by atomic mass is 16.4. The second-order valence-electron chi connectivity index (χ2n) is 5.51. The van der Waals surface area contributed by atoms with Crippen molar-refractivity contribution in [2.75, 3.05) is 0 Å². The van der Waals surface area contributed by atoms with E-state index in [-0.39, 0.29) is 0 Å². The first kappa shape index (κ1) is 15.9. The molecule has 1 unspecified atom stereocenters. The van der Waals surface area contributed by atoms with Crippen molar-refractivity contribution < 1.29 is 19.8 Å². The van der Waals surface area contributed by atoms with Gasteiger partial charge >= 0.3 is 11.9 Å². The minimum Gasteiger partial charge on any atom is -0.481 e. The zero-order valence-corrected chi connectivity index (χ0v) is 11.0. The lowest BCUT2D eigenvalue weighted by atomic mass is 9.78. The zero-order chi connectivity index (χ0) is 13.7. The van der Waals surface area contributed by atoms with Gasteiger partial charge in [0, 0.05) is 0 Å². The number of carbonyl (C=O) groups is 2. The van der Waals surface area contributed by atoms with Gasteiger partial charge in [0.1, 0.15) is 0 Å². The molecule has 0 aliphatic rings. The van der Waals surface area contributed by atoms with Crippen molar-refractivity contribution in [2.24, 2.45) is 10.8 Å². The molecule has 4 heteroatoms. The molecule has 0 fully saturated rings. The summed E-state index contributed by atoms with van der Waals surface area (Å²) in [6.07, 6.45) is 2.68. The topological polar surface area (TPSA) is 74.6 Å². The Kier molecular flexibility index (Phi) is 5.66. The molecule has 2 N–H and O–H groups in total. The van der Waals surface area contributed by atoms with Crippen LogP contribution >= 0.6 is 0 Å². The van der Waals surface area contributed by atoms with E-state index < -0.39 is 22.8 Å². The summed E-state index contributed by atoms with van der Waals surface area (Å²) >= 11 is 0. The Morgan fingerprint density at radius 2 is 1.53 bits per heavy atom. The number of hydrogen-bond donors (Lipinski definition) is 2. The molecule has 0 amide bonds.